The fourth-order valence-electron chi connectivity index (χ4n) is 1.87. The first-order chi connectivity index (χ1) is 7.74. The third-order valence-electron chi connectivity index (χ3n) is 2.60. The predicted molar refractivity (Wildman–Crippen MR) is 66.9 cm³/mol. The van der Waals surface area contributed by atoms with Gasteiger partial charge in [-0.05, 0) is 19.3 Å². The quantitative estimate of drug-likeness (QED) is 0.683. The van der Waals surface area contributed by atoms with Crippen molar-refractivity contribution in [1.29, 1.82) is 0 Å². The smallest absolute Gasteiger partial charge is 0.317 e. The highest BCUT2D eigenvalue weighted by atomic mass is 16.2. The molecule has 0 atom stereocenters. The second kappa shape index (κ2) is 6.51. The number of amides is 2. The van der Waals surface area contributed by atoms with Crippen LogP contribution in [0, 0.1) is 0 Å². The van der Waals surface area contributed by atoms with Gasteiger partial charge in [0, 0.05) is 19.6 Å². The second-order valence-corrected chi connectivity index (χ2v) is 4.15. The normalized spacial score (nSPS) is 18.9. The lowest BCUT2D eigenvalue weighted by molar-refractivity contribution is 0.196. The minimum absolute atomic E-state index is 0.138. The van der Waals surface area contributed by atoms with E-state index in [1.54, 1.807) is 0 Å². The molecule has 1 aliphatic rings. The van der Waals surface area contributed by atoms with Crippen molar-refractivity contribution in [3.8, 4) is 0 Å². The van der Waals surface area contributed by atoms with E-state index >= 15 is 0 Å². The molecule has 0 aromatic rings. The Labute approximate surface area is 98.3 Å². The van der Waals surface area contributed by atoms with Crippen LogP contribution in [0.2, 0.25) is 0 Å². The lowest BCUT2D eigenvalue weighted by Gasteiger charge is -2.16. The van der Waals surface area contributed by atoms with Crippen LogP contribution in [0.25, 0.3) is 0 Å². The molecule has 1 fully saturated rings. The maximum atomic E-state index is 12.0. The summed E-state index contributed by atoms with van der Waals surface area (Å²) < 4.78 is 0. The summed E-state index contributed by atoms with van der Waals surface area (Å²) in [7, 11) is 0. The summed E-state index contributed by atoms with van der Waals surface area (Å²) in [5.74, 6) is 0.960. The van der Waals surface area contributed by atoms with Gasteiger partial charge in [0.15, 0.2) is 0 Å². The fraction of sp³-hybridized carbons (Fsp3) is 0.833. The minimum atomic E-state index is 0.138. The molecule has 92 valence electrons. The van der Waals surface area contributed by atoms with Crippen molar-refractivity contribution >= 4 is 11.9 Å². The van der Waals surface area contributed by atoms with Gasteiger partial charge in [-0.2, -0.15) is 0 Å². The highest BCUT2D eigenvalue weighted by Gasteiger charge is 2.32. The standard InChI is InChI=1S/C12H23N3O/c1-4-7-13-11-10-14(8-5-2)12(16)15(11)9-6-3/h4-10H2,1-3H3. The summed E-state index contributed by atoms with van der Waals surface area (Å²) in [6, 6.07) is 0.138. The Hall–Kier alpha value is -1.06. The summed E-state index contributed by atoms with van der Waals surface area (Å²) >= 11 is 0. The summed E-state index contributed by atoms with van der Waals surface area (Å²) in [5.41, 5.74) is 0. The molecular weight excluding hydrogens is 202 g/mol. The number of carbonyl (C=O) groups is 1. The number of hydrogen-bond donors (Lipinski definition) is 0. The minimum Gasteiger partial charge on any atom is -0.317 e. The van der Waals surface area contributed by atoms with Crippen molar-refractivity contribution in [2.24, 2.45) is 4.99 Å². The Kier molecular flexibility index (Phi) is 5.29. The Balaban J connectivity index is 2.71. The van der Waals surface area contributed by atoms with Gasteiger partial charge in [-0.15, -0.1) is 0 Å². The van der Waals surface area contributed by atoms with Crippen molar-refractivity contribution in [3.05, 3.63) is 0 Å². The molecule has 0 N–H and O–H groups in total. The molecule has 1 saturated heterocycles. The van der Waals surface area contributed by atoms with Crippen LogP contribution in [0.5, 0.6) is 0 Å². The number of carbonyl (C=O) groups excluding carboxylic acids is 1. The maximum Gasteiger partial charge on any atom is 0.325 e. The van der Waals surface area contributed by atoms with E-state index < -0.39 is 0 Å². The molecule has 0 saturated carbocycles. The monoisotopic (exact) mass is 225 g/mol. The van der Waals surface area contributed by atoms with Gasteiger partial charge >= 0.3 is 6.03 Å². The van der Waals surface area contributed by atoms with Crippen LogP contribution in [0.15, 0.2) is 4.99 Å². The van der Waals surface area contributed by atoms with E-state index in [1.165, 1.54) is 0 Å². The number of hydrogen-bond acceptors (Lipinski definition) is 2. The average molecular weight is 225 g/mol. The van der Waals surface area contributed by atoms with E-state index in [1.807, 2.05) is 9.80 Å². The van der Waals surface area contributed by atoms with Crippen LogP contribution in [-0.2, 0) is 0 Å². The molecule has 0 unspecified atom stereocenters. The Morgan fingerprint density at radius 3 is 2.38 bits per heavy atom. The molecule has 0 aromatic carbocycles. The molecule has 4 nitrogen and oxygen atoms in total. The van der Waals surface area contributed by atoms with Crippen LogP contribution < -0.4 is 0 Å². The van der Waals surface area contributed by atoms with Gasteiger partial charge in [-0.1, -0.05) is 20.8 Å². The van der Waals surface area contributed by atoms with Crippen LogP contribution in [0.1, 0.15) is 40.0 Å². The third kappa shape index (κ3) is 2.97. The van der Waals surface area contributed by atoms with Crippen molar-refractivity contribution in [2.45, 2.75) is 40.0 Å². The van der Waals surface area contributed by atoms with E-state index in [2.05, 4.69) is 25.8 Å². The number of aliphatic imine (C=N–C) groups is 1. The topological polar surface area (TPSA) is 35.9 Å². The van der Waals surface area contributed by atoms with E-state index in [9.17, 15) is 4.79 Å². The van der Waals surface area contributed by atoms with Crippen molar-refractivity contribution in [3.63, 3.8) is 0 Å². The first kappa shape index (κ1) is 13.0. The Morgan fingerprint density at radius 1 is 1.12 bits per heavy atom. The molecule has 1 rings (SSSR count). The number of urea groups is 1. The maximum absolute atomic E-state index is 12.0. The molecular formula is C12H23N3O. The first-order valence-electron chi connectivity index (χ1n) is 6.34. The van der Waals surface area contributed by atoms with Gasteiger partial charge in [0.2, 0.25) is 0 Å². The van der Waals surface area contributed by atoms with Crippen molar-refractivity contribution < 1.29 is 4.79 Å². The van der Waals surface area contributed by atoms with E-state index in [4.69, 9.17) is 0 Å². The van der Waals surface area contributed by atoms with Gasteiger partial charge in [0.1, 0.15) is 5.84 Å². The lowest BCUT2D eigenvalue weighted by atomic mass is 10.4. The highest BCUT2D eigenvalue weighted by molar-refractivity contribution is 6.04. The zero-order valence-corrected chi connectivity index (χ0v) is 10.7. The average Bonchev–Trinajstić information content (AvgIpc) is 2.56. The van der Waals surface area contributed by atoms with Gasteiger partial charge in [0.25, 0.3) is 0 Å². The third-order valence-corrected chi connectivity index (χ3v) is 2.60. The molecule has 2 amide bonds. The molecule has 0 bridgehead atoms. The summed E-state index contributed by atoms with van der Waals surface area (Å²) in [4.78, 5) is 20.3. The van der Waals surface area contributed by atoms with Gasteiger partial charge < -0.3 is 4.90 Å². The molecule has 1 heterocycles. The number of rotatable bonds is 6. The zero-order valence-electron chi connectivity index (χ0n) is 10.7. The highest BCUT2D eigenvalue weighted by Crippen LogP contribution is 2.12. The van der Waals surface area contributed by atoms with E-state index in [0.717, 1.165) is 44.7 Å². The molecule has 0 aliphatic carbocycles. The van der Waals surface area contributed by atoms with Gasteiger partial charge in [0.05, 0.1) is 6.54 Å². The van der Waals surface area contributed by atoms with Gasteiger partial charge in [-0.3, -0.25) is 9.89 Å². The van der Waals surface area contributed by atoms with E-state index in [0.29, 0.717) is 6.54 Å². The SMILES string of the molecule is CCCN=C1CN(CCC)C(=O)N1CCC. The van der Waals surface area contributed by atoms with Crippen LogP contribution in [-0.4, -0.2) is 47.8 Å². The van der Waals surface area contributed by atoms with Crippen LogP contribution >= 0.6 is 0 Å². The zero-order chi connectivity index (χ0) is 12.0. The second-order valence-electron chi connectivity index (χ2n) is 4.15. The van der Waals surface area contributed by atoms with Crippen molar-refractivity contribution in [1.82, 2.24) is 9.80 Å². The largest absolute Gasteiger partial charge is 0.325 e. The number of amidine groups is 1. The molecule has 0 aromatic heterocycles. The summed E-state index contributed by atoms with van der Waals surface area (Å²) in [6.45, 7) is 9.45. The first-order valence-corrected chi connectivity index (χ1v) is 6.34. The summed E-state index contributed by atoms with van der Waals surface area (Å²) in [5, 5.41) is 0. The predicted octanol–water partition coefficient (Wildman–Crippen LogP) is 2.35. The number of nitrogens with zero attached hydrogens (tertiary/aromatic N) is 3. The van der Waals surface area contributed by atoms with Crippen LogP contribution in [0.3, 0.4) is 0 Å². The van der Waals surface area contributed by atoms with Gasteiger partial charge in [-0.25, -0.2) is 4.79 Å². The van der Waals surface area contributed by atoms with Crippen molar-refractivity contribution in [2.75, 3.05) is 26.2 Å². The Bertz CT molecular complexity index is 263. The van der Waals surface area contributed by atoms with Crippen LogP contribution in [0.4, 0.5) is 4.79 Å². The van der Waals surface area contributed by atoms with E-state index in [-0.39, 0.29) is 6.03 Å². The Morgan fingerprint density at radius 2 is 1.81 bits per heavy atom. The fourth-order valence-corrected chi connectivity index (χ4v) is 1.87. The summed E-state index contributed by atoms with van der Waals surface area (Å²) in [6.07, 6.45) is 3.02. The molecule has 0 spiro atoms. The molecule has 1 aliphatic heterocycles. The molecule has 4 heteroatoms. The molecule has 0 radical (unpaired) electrons. The molecule has 16 heavy (non-hydrogen) atoms. The lowest BCUT2D eigenvalue weighted by Crippen LogP contribution is -2.34.